The number of carboxylic acids is 1. The molecule has 3 aliphatic heterocycles. The van der Waals surface area contributed by atoms with E-state index in [4.69, 9.17) is 5.11 Å². The van der Waals surface area contributed by atoms with Crippen LogP contribution in [0.15, 0.2) is 22.7 Å². The summed E-state index contributed by atoms with van der Waals surface area (Å²) in [5.41, 5.74) is 2.63. The van der Waals surface area contributed by atoms with Crippen LogP contribution in [0.2, 0.25) is 0 Å². The molecule has 0 saturated carbocycles. The fourth-order valence-electron chi connectivity index (χ4n) is 2.61. The Kier molecular flexibility index (Phi) is 2.90. The molecule has 0 radical (unpaired) electrons. The molecule has 1 amide bonds. The number of amides is 1. The van der Waals surface area contributed by atoms with E-state index in [1.165, 1.54) is 27.8 Å². The zero-order chi connectivity index (χ0) is 14.6. The molecule has 0 unspecified atom stereocenters. The third-order valence-corrected chi connectivity index (χ3v) is 5.69. The number of hydrogen-bond acceptors (Lipinski definition) is 5. The van der Waals surface area contributed by atoms with Gasteiger partial charge in [0.2, 0.25) is 0 Å². The normalized spacial score (nSPS) is 25.4. The van der Waals surface area contributed by atoms with E-state index in [1.807, 2.05) is 22.5 Å². The monoisotopic (exact) mass is 321 g/mol. The van der Waals surface area contributed by atoms with Crippen LogP contribution in [0.4, 0.5) is 0 Å². The number of carbonyl (C=O) groups excluding carboxylic acids is 1. The molecule has 1 N–H and O–H groups in total. The van der Waals surface area contributed by atoms with E-state index in [-0.39, 0.29) is 17.0 Å². The summed E-state index contributed by atoms with van der Waals surface area (Å²) in [5, 5.41) is 14.8. The number of hydrogen-bond donors (Lipinski definition) is 1. The van der Waals surface area contributed by atoms with Gasteiger partial charge in [0.15, 0.2) is 0 Å². The second-order valence-electron chi connectivity index (χ2n) is 4.91. The van der Waals surface area contributed by atoms with Gasteiger partial charge in [-0.2, -0.15) is 16.9 Å². The van der Waals surface area contributed by atoms with Gasteiger partial charge in [0, 0.05) is 22.6 Å². The Morgan fingerprint density at radius 3 is 3.14 bits per heavy atom. The van der Waals surface area contributed by atoms with Crippen molar-refractivity contribution in [1.29, 1.82) is 0 Å². The number of aliphatic carboxylic acids is 1. The van der Waals surface area contributed by atoms with Gasteiger partial charge >= 0.3 is 5.97 Å². The molecule has 0 bridgehead atoms. The van der Waals surface area contributed by atoms with Crippen LogP contribution in [-0.2, 0) is 21.9 Å². The van der Waals surface area contributed by atoms with Gasteiger partial charge in [0.05, 0.1) is 17.8 Å². The summed E-state index contributed by atoms with van der Waals surface area (Å²) in [5.74, 6) is 0.701. The number of rotatable bonds is 2. The fourth-order valence-corrected chi connectivity index (χ4v) is 4.62. The van der Waals surface area contributed by atoms with Crippen molar-refractivity contribution in [3.63, 3.8) is 0 Å². The minimum absolute atomic E-state index is 0.0627. The average molecular weight is 321 g/mol. The van der Waals surface area contributed by atoms with E-state index >= 15 is 0 Å². The van der Waals surface area contributed by atoms with Gasteiger partial charge in [-0.15, -0.1) is 11.8 Å². The molecule has 0 aromatic carbocycles. The van der Waals surface area contributed by atoms with Crippen molar-refractivity contribution >= 4 is 41.5 Å². The van der Waals surface area contributed by atoms with Crippen LogP contribution in [0, 0.1) is 0 Å². The predicted molar refractivity (Wildman–Crippen MR) is 80.3 cm³/mol. The van der Waals surface area contributed by atoms with E-state index in [2.05, 4.69) is 5.10 Å². The number of carboxylic acid groups (broad SMARTS) is 1. The smallest absolute Gasteiger partial charge is 0.353 e. The first-order valence-corrected chi connectivity index (χ1v) is 8.53. The first-order valence-electron chi connectivity index (χ1n) is 6.44. The summed E-state index contributed by atoms with van der Waals surface area (Å²) in [6.45, 7) is 0.895. The molecular formula is C13H11N3O3S2. The SMILES string of the molecule is O=C(O)C1=CS[C@@H]2/C(=C\c3cc4n(n3)CCSC4)C(=O)N12. The second-order valence-corrected chi connectivity index (χ2v) is 6.97. The highest BCUT2D eigenvalue weighted by molar-refractivity contribution is 8.03. The molecule has 0 aliphatic carbocycles. The zero-order valence-corrected chi connectivity index (χ0v) is 12.5. The lowest BCUT2D eigenvalue weighted by atomic mass is 10.0. The fraction of sp³-hybridized carbons (Fsp3) is 0.308. The highest BCUT2D eigenvalue weighted by atomic mass is 32.2. The lowest BCUT2D eigenvalue weighted by Crippen LogP contribution is -2.51. The average Bonchev–Trinajstić information content (AvgIpc) is 3.05. The third kappa shape index (κ3) is 1.93. The van der Waals surface area contributed by atoms with Gasteiger partial charge in [-0.3, -0.25) is 14.4 Å². The molecule has 1 fully saturated rings. The predicted octanol–water partition coefficient (Wildman–Crippen LogP) is 1.35. The molecular weight excluding hydrogens is 310 g/mol. The third-order valence-electron chi connectivity index (χ3n) is 3.64. The van der Waals surface area contributed by atoms with E-state index in [0.29, 0.717) is 5.57 Å². The number of aryl methyl sites for hydroxylation is 1. The molecule has 21 heavy (non-hydrogen) atoms. The Bertz CT molecular complexity index is 699. The zero-order valence-electron chi connectivity index (χ0n) is 10.9. The number of nitrogens with zero attached hydrogens (tertiary/aromatic N) is 3. The number of thioether (sulfide) groups is 2. The van der Waals surface area contributed by atoms with E-state index in [1.54, 1.807) is 6.08 Å². The van der Waals surface area contributed by atoms with Crippen molar-refractivity contribution in [2.75, 3.05) is 5.75 Å². The van der Waals surface area contributed by atoms with Gasteiger partial charge in [-0.25, -0.2) is 4.79 Å². The summed E-state index contributed by atoms with van der Waals surface area (Å²) >= 11 is 3.22. The standard InChI is InChI=1S/C13H11N3O3S2/c17-11-9(12-16(11)10(6-21-12)13(18)19)4-7-3-8-5-20-2-1-15(8)14-7/h3-4,6,12H,1-2,5H2,(H,18,19)/b9-4-/t12-/m1/s1. The molecule has 3 aliphatic rings. The van der Waals surface area contributed by atoms with Gasteiger partial charge in [-0.1, -0.05) is 0 Å². The van der Waals surface area contributed by atoms with Crippen LogP contribution < -0.4 is 0 Å². The molecule has 6 nitrogen and oxygen atoms in total. The molecule has 4 heterocycles. The minimum atomic E-state index is -1.06. The van der Waals surface area contributed by atoms with Crippen LogP contribution in [-0.4, -0.2) is 42.8 Å². The topological polar surface area (TPSA) is 75.4 Å². The van der Waals surface area contributed by atoms with Gasteiger partial charge < -0.3 is 5.11 Å². The quantitative estimate of drug-likeness (QED) is 0.655. The van der Waals surface area contributed by atoms with Crippen LogP contribution in [0.25, 0.3) is 6.08 Å². The maximum absolute atomic E-state index is 12.1. The number of aromatic nitrogens is 2. The molecule has 1 atom stereocenters. The van der Waals surface area contributed by atoms with Crippen molar-refractivity contribution in [3.8, 4) is 0 Å². The first kappa shape index (κ1) is 13.0. The lowest BCUT2D eigenvalue weighted by Gasteiger charge is -2.36. The summed E-state index contributed by atoms with van der Waals surface area (Å²) in [6, 6.07) is 2.00. The number of carbonyl (C=O) groups is 2. The Morgan fingerprint density at radius 2 is 2.38 bits per heavy atom. The summed E-state index contributed by atoms with van der Waals surface area (Å²) in [6.07, 6.45) is 1.78. The van der Waals surface area contributed by atoms with Crippen LogP contribution in [0.5, 0.6) is 0 Å². The maximum Gasteiger partial charge on any atom is 0.353 e. The summed E-state index contributed by atoms with van der Waals surface area (Å²) < 4.78 is 1.98. The number of β-lactam (4-membered cyclic amide) rings is 1. The second kappa shape index (κ2) is 4.67. The molecule has 1 saturated heterocycles. The van der Waals surface area contributed by atoms with Gasteiger partial charge in [0.25, 0.3) is 5.91 Å². The van der Waals surface area contributed by atoms with Crippen LogP contribution >= 0.6 is 23.5 Å². The lowest BCUT2D eigenvalue weighted by molar-refractivity contribution is -0.141. The largest absolute Gasteiger partial charge is 0.477 e. The van der Waals surface area contributed by atoms with Crippen molar-refractivity contribution in [1.82, 2.24) is 14.7 Å². The van der Waals surface area contributed by atoms with E-state index in [9.17, 15) is 9.59 Å². The van der Waals surface area contributed by atoms with Crippen molar-refractivity contribution < 1.29 is 14.7 Å². The summed E-state index contributed by atoms with van der Waals surface area (Å²) in [4.78, 5) is 24.5. The van der Waals surface area contributed by atoms with E-state index < -0.39 is 5.97 Å². The van der Waals surface area contributed by atoms with Gasteiger partial charge in [0.1, 0.15) is 11.1 Å². The first-order chi connectivity index (χ1) is 10.1. The molecule has 108 valence electrons. The van der Waals surface area contributed by atoms with Crippen LogP contribution in [0.3, 0.4) is 0 Å². The highest BCUT2D eigenvalue weighted by Gasteiger charge is 2.49. The summed E-state index contributed by atoms with van der Waals surface area (Å²) in [7, 11) is 0. The number of fused-ring (bicyclic) bond motifs is 2. The van der Waals surface area contributed by atoms with Gasteiger partial charge in [-0.05, 0) is 12.1 Å². The Morgan fingerprint density at radius 1 is 1.52 bits per heavy atom. The maximum atomic E-state index is 12.1. The Balaban J connectivity index is 1.60. The van der Waals surface area contributed by atoms with Crippen molar-refractivity contribution in [2.24, 2.45) is 0 Å². The molecule has 4 rings (SSSR count). The van der Waals surface area contributed by atoms with E-state index in [0.717, 1.165) is 23.7 Å². The molecule has 1 aromatic heterocycles. The molecule has 0 spiro atoms. The molecule has 1 aromatic rings. The van der Waals surface area contributed by atoms with Crippen LogP contribution in [0.1, 0.15) is 11.4 Å². The Labute approximate surface area is 128 Å². The Hall–Kier alpha value is -1.67. The van der Waals surface area contributed by atoms with Crippen molar-refractivity contribution in [3.05, 3.63) is 34.1 Å². The minimum Gasteiger partial charge on any atom is -0.477 e. The molecule has 8 heteroatoms. The van der Waals surface area contributed by atoms with Crippen molar-refractivity contribution in [2.45, 2.75) is 17.7 Å². The highest BCUT2D eigenvalue weighted by Crippen LogP contribution is 2.45.